The van der Waals surface area contributed by atoms with E-state index < -0.39 is 12.5 Å². The van der Waals surface area contributed by atoms with Gasteiger partial charge in [0.15, 0.2) is 16.6 Å². The van der Waals surface area contributed by atoms with E-state index >= 15 is 0 Å². The summed E-state index contributed by atoms with van der Waals surface area (Å²) >= 11 is 1.28. The number of para-hydroxylation sites is 1. The fourth-order valence-corrected chi connectivity index (χ4v) is 3.53. The van der Waals surface area contributed by atoms with Crippen LogP contribution < -0.4 is 19.5 Å². The number of carbonyl (C=O) groups is 1. The zero-order chi connectivity index (χ0) is 21.0. The largest absolute Gasteiger partial charge is 0.497 e. The van der Waals surface area contributed by atoms with Gasteiger partial charge in [0.1, 0.15) is 5.75 Å². The van der Waals surface area contributed by atoms with Crippen molar-refractivity contribution in [1.82, 2.24) is 4.98 Å². The molecule has 0 saturated carbocycles. The second kappa shape index (κ2) is 8.87. The maximum absolute atomic E-state index is 12.8. The van der Waals surface area contributed by atoms with Crippen molar-refractivity contribution in [3.63, 3.8) is 0 Å². The first kappa shape index (κ1) is 20.5. The van der Waals surface area contributed by atoms with E-state index in [1.807, 2.05) is 31.2 Å². The lowest BCUT2D eigenvalue weighted by Crippen LogP contribution is -2.15. The standard InChI is InChI=1S/C20H18F2N2O4S/c1-11-16(12-7-9-13(26-2)10-8-12)23-20(29-11)24-18(25)14-5-4-6-15(27-3)17(14)28-19(21)22/h4-10,19H,1-3H3,(H,23,24,25). The predicted octanol–water partition coefficient (Wildman–Crippen LogP) is 4.99. The first-order valence-corrected chi connectivity index (χ1v) is 9.29. The summed E-state index contributed by atoms with van der Waals surface area (Å²) in [6.45, 7) is -1.22. The average molecular weight is 420 g/mol. The van der Waals surface area contributed by atoms with E-state index in [0.29, 0.717) is 10.8 Å². The number of methoxy groups -OCH3 is 2. The van der Waals surface area contributed by atoms with Crippen molar-refractivity contribution in [2.45, 2.75) is 13.5 Å². The molecule has 0 radical (unpaired) electrons. The van der Waals surface area contributed by atoms with Crippen LogP contribution in [0.3, 0.4) is 0 Å². The van der Waals surface area contributed by atoms with Crippen LogP contribution in [-0.2, 0) is 0 Å². The molecule has 1 aromatic heterocycles. The fraction of sp³-hybridized carbons (Fsp3) is 0.200. The number of aryl methyl sites for hydroxylation is 1. The van der Waals surface area contributed by atoms with E-state index in [0.717, 1.165) is 16.2 Å². The molecule has 1 heterocycles. The number of ether oxygens (including phenoxy) is 3. The van der Waals surface area contributed by atoms with Crippen molar-refractivity contribution >= 4 is 22.4 Å². The predicted molar refractivity (Wildman–Crippen MR) is 106 cm³/mol. The highest BCUT2D eigenvalue weighted by Gasteiger charge is 2.21. The van der Waals surface area contributed by atoms with Gasteiger partial charge in [-0.25, -0.2) is 4.98 Å². The van der Waals surface area contributed by atoms with Crippen molar-refractivity contribution in [2.24, 2.45) is 0 Å². The zero-order valence-corrected chi connectivity index (χ0v) is 16.7. The maximum Gasteiger partial charge on any atom is 0.387 e. The van der Waals surface area contributed by atoms with Gasteiger partial charge in [-0.15, -0.1) is 11.3 Å². The number of nitrogens with one attached hydrogen (secondary N) is 1. The van der Waals surface area contributed by atoms with Gasteiger partial charge >= 0.3 is 6.61 Å². The monoisotopic (exact) mass is 420 g/mol. The summed E-state index contributed by atoms with van der Waals surface area (Å²) in [6, 6.07) is 11.7. The minimum absolute atomic E-state index is 0.0344. The van der Waals surface area contributed by atoms with Crippen LogP contribution in [0.1, 0.15) is 15.2 Å². The quantitative estimate of drug-likeness (QED) is 0.583. The first-order chi connectivity index (χ1) is 13.9. The van der Waals surface area contributed by atoms with Gasteiger partial charge in [0.25, 0.3) is 5.91 Å². The normalized spacial score (nSPS) is 10.7. The Morgan fingerprint density at radius 2 is 1.83 bits per heavy atom. The van der Waals surface area contributed by atoms with Crippen LogP contribution in [0.5, 0.6) is 17.2 Å². The summed E-state index contributed by atoms with van der Waals surface area (Å²) < 4.78 is 40.2. The minimum atomic E-state index is -3.10. The highest BCUT2D eigenvalue weighted by Crippen LogP contribution is 2.35. The number of thiazole rings is 1. The van der Waals surface area contributed by atoms with Crippen LogP contribution in [0.2, 0.25) is 0 Å². The Bertz CT molecular complexity index is 1010. The molecule has 3 rings (SSSR count). The van der Waals surface area contributed by atoms with Crippen LogP contribution in [-0.4, -0.2) is 31.7 Å². The number of aromatic nitrogens is 1. The SMILES string of the molecule is COc1ccc(-c2nc(NC(=O)c3cccc(OC)c3OC(F)F)sc2C)cc1. The molecule has 0 aliphatic rings. The zero-order valence-electron chi connectivity index (χ0n) is 15.9. The molecule has 0 fully saturated rings. The molecule has 152 valence electrons. The van der Waals surface area contributed by atoms with Crippen molar-refractivity contribution in [3.8, 4) is 28.5 Å². The van der Waals surface area contributed by atoms with Gasteiger partial charge in [-0.1, -0.05) is 6.07 Å². The topological polar surface area (TPSA) is 69.7 Å². The average Bonchev–Trinajstić information content (AvgIpc) is 3.07. The van der Waals surface area contributed by atoms with Gasteiger partial charge in [-0.05, 0) is 43.3 Å². The number of rotatable bonds is 7. The molecule has 2 aromatic carbocycles. The van der Waals surface area contributed by atoms with Crippen LogP contribution in [0, 0.1) is 6.92 Å². The third kappa shape index (κ3) is 4.62. The van der Waals surface area contributed by atoms with Gasteiger partial charge in [0, 0.05) is 10.4 Å². The Kier molecular flexibility index (Phi) is 6.28. The lowest BCUT2D eigenvalue weighted by atomic mass is 10.1. The van der Waals surface area contributed by atoms with E-state index in [-0.39, 0.29) is 17.1 Å². The summed E-state index contributed by atoms with van der Waals surface area (Å²) in [7, 11) is 2.89. The molecular weight excluding hydrogens is 402 g/mol. The summed E-state index contributed by atoms with van der Waals surface area (Å²) in [5, 5.41) is 2.98. The Morgan fingerprint density at radius 1 is 1.10 bits per heavy atom. The molecule has 1 N–H and O–H groups in total. The molecule has 0 spiro atoms. The molecule has 6 nitrogen and oxygen atoms in total. The number of benzene rings is 2. The number of nitrogens with zero attached hydrogens (tertiary/aromatic N) is 1. The number of hydrogen-bond donors (Lipinski definition) is 1. The van der Waals surface area contributed by atoms with E-state index in [1.54, 1.807) is 7.11 Å². The number of amides is 1. The smallest absolute Gasteiger partial charge is 0.387 e. The molecule has 0 bridgehead atoms. The second-order valence-electron chi connectivity index (χ2n) is 5.82. The summed E-state index contributed by atoms with van der Waals surface area (Å²) in [6.07, 6.45) is 0. The third-order valence-electron chi connectivity index (χ3n) is 4.03. The highest BCUT2D eigenvalue weighted by molar-refractivity contribution is 7.16. The molecule has 1 amide bonds. The van der Waals surface area contributed by atoms with Crippen LogP contribution in [0.25, 0.3) is 11.3 Å². The Hall–Kier alpha value is -3.20. The van der Waals surface area contributed by atoms with Gasteiger partial charge in [-0.3, -0.25) is 10.1 Å². The van der Waals surface area contributed by atoms with Gasteiger partial charge in [0.05, 0.1) is 25.5 Å². The number of halogens is 2. The van der Waals surface area contributed by atoms with Crippen molar-refractivity contribution in [1.29, 1.82) is 0 Å². The van der Waals surface area contributed by atoms with E-state index in [9.17, 15) is 13.6 Å². The van der Waals surface area contributed by atoms with Crippen molar-refractivity contribution < 1.29 is 27.8 Å². The van der Waals surface area contributed by atoms with Crippen molar-refractivity contribution in [3.05, 3.63) is 52.9 Å². The first-order valence-electron chi connectivity index (χ1n) is 8.48. The van der Waals surface area contributed by atoms with Crippen LogP contribution in [0.4, 0.5) is 13.9 Å². The van der Waals surface area contributed by atoms with Crippen molar-refractivity contribution in [2.75, 3.05) is 19.5 Å². The van der Waals surface area contributed by atoms with E-state index in [4.69, 9.17) is 9.47 Å². The summed E-state index contributed by atoms with van der Waals surface area (Å²) in [5.41, 5.74) is 1.49. The molecular formula is C20H18F2N2O4S. The summed E-state index contributed by atoms with van der Waals surface area (Å²) in [4.78, 5) is 18.0. The highest BCUT2D eigenvalue weighted by atomic mass is 32.1. The number of anilines is 1. The van der Waals surface area contributed by atoms with Crippen LogP contribution >= 0.6 is 11.3 Å². The molecule has 0 aliphatic carbocycles. The lowest BCUT2D eigenvalue weighted by Gasteiger charge is -2.13. The van der Waals surface area contributed by atoms with Crippen LogP contribution in [0.15, 0.2) is 42.5 Å². The molecule has 0 atom stereocenters. The maximum atomic E-state index is 12.8. The molecule has 0 aliphatic heterocycles. The summed E-state index contributed by atoms with van der Waals surface area (Å²) in [5.74, 6) is -0.201. The molecule has 9 heteroatoms. The number of alkyl halides is 2. The van der Waals surface area contributed by atoms with E-state index in [1.165, 1.54) is 36.6 Å². The van der Waals surface area contributed by atoms with E-state index in [2.05, 4.69) is 15.0 Å². The Morgan fingerprint density at radius 3 is 2.45 bits per heavy atom. The fourth-order valence-electron chi connectivity index (χ4n) is 2.70. The Balaban J connectivity index is 1.86. The molecule has 0 saturated heterocycles. The molecule has 0 unspecified atom stereocenters. The van der Waals surface area contributed by atoms with Gasteiger partial charge < -0.3 is 14.2 Å². The van der Waals surface area contributed by atoms with Gasteiger partial charge in [-0.2, -0.15) is 8.78 Å². The molecule has 3 aromatic rings. The second-order valence-corrected chi connectivity index (χ2v) is 7.03. The Labute approximate surface area is 170 Å². The lowest BCUT2D eigenvalue weighted by molar-refractivity contribution is -0.0515. The molecule has 29 heavy (non-hydrogen) atoms. The minimum Gasteiger partial charge on any atom is -0.497 e. The number of carbonyl (C=O) groups excluding carboxylic acids is 1. The third-order valence-corrected chi connectivity index (χ3v) is 4.92. The van der Waals surface area contributed by atoms with Gasteiger partial charge in [0.2, 0.25) is 0 Å². The number of hydrogen-bond acceptors (Lipinski definition) is 6.